The second kappa shape index (κ2) is 35.7. The van der Waals surface area contributed by atoms with Crippen LogP contribution in [0.25, 0.3) is 0 Å². The number of thiocarbonyl (C=S) groups is 1. The van der Waals surface area contributed by atoms with E-state index >= 15 is 0 Å². The van der Waals surface area contributed by atoms with E-state index in [0.717, 1.165) is 152 Å². The number of fused-ring (bicyclic) bond motifs is 7. The van der Waals surface area contributed by atoms with Gasteiger partial charge >= 0.3 is 0 Å². The molecule has 13 aliphatic rings. The summed E-state index contributed by atoms with van der Waals surface area (Å²) in [5.74, 6) is 2.07. The topological polar surface area (TPSA) is 434 Å². The molecule has 14 N–H and O–H groups in total. The summed E-state index contributed by atoms with van der Waals surface area (Å²) < 4.78 is 6.32. The van der Waals surface area contributed by atoms with Crippen molar-refractivity contribution in [2.45, 2.75) is 235 Å². The Morgan fingerprint density at radius 2 is 0.866 bits per heavy atom. The molecule has 34 heteroatoms. The van der Waals surface area contributed by atoms with Crippen LogP contribution in [0.2, 0.25) is 0 Å². The number of rotatable bonds is 12. The Kier molecular flexibility index (Phi) is 26.6. The minimum Gasteiger partial charge on any atom is -0.507 e. The smallest absolute Gasteiger partial charge is 0.247 e. The third-order valence-corrected chi connectivity index (χ3v) is 24.9. The zero-order valence-corrected chi connectivity index (χ0v) is 67.1. The lowest BCUT2D eigenvalue weighted by atomic mass is 9.79. The number of hydrogen-bond acceptors (Lipinski definition) is 19. The van der Waals surface area contributed by atoms with Gasteiger partial charge in [-0.2, -0.15) is 12.6 Å². The quantitative estimate of drug-likeness (QED) is 0.0528. The Bertz CT molecular complexity index is 4120. The lowest BCUT2D eigenvalue weighted by Crippen LogP contribution is -2.63. The highest BCUT2D eigenvalue weighted by Crippen LogP contribution is 2.53. The zero-order valence-electron chi connectivity index (χ0n) is 64.5. The van der Waals surface area contributed by atoms with Crippen LogP contribution in [0.1, 0.15) is 154 Å². The summed E-state index contributed by atoms with van der Waals surface area (Å²) in [7, 11) is 0. The van der Waals surface area contributed by atoms with E-state index in [9.17, 15) is 67.7 Å². The molecule has 606 valence electrons. The maximum atomic E-state index is 12.8. The van der Waals surface area contributed by atoms with Gasteiger partial charge in [-0.15, -0.1) is 0 Å². The van der Waals surface area contributed by atoms with E-state index in [-0.39, 0.29) is 136 Å². The van der Waals surface area contributed by atoms with Crippen molar-refractivity contribution < 1.29 is 72.5 Å². The first kappa shape index (κ1) is 83.5. The van der Waals surface area contributed by atoms with Gasteiger partial charge in [-0.25, -0.2) is 0 Å². The summed E-state index contributed by atoms with van der Waals surface area (Å²) in [6, 6.07) is 9.19. The molecule has 13 atom stereocenters. The van der Waals surface area contributed by atoms with Gasteiger partial charge in [0.05, 0.1) is 0 Å². The summed E-state index contributed by atoms with van der Waals surface area (Å²) in [6.07, 6.45) is 12.4. The number of phenols is 2. The Morgan fingerprint density at radius 3 is 1.28 bits per heavy atom. The molecule has 0 bridgehead atoms. The predicted octanol–water partition coefficient (Wildman–Crippen LogP) is 1.42. The second-order valence-corrected chi connectivity index (χ2v) is 33.2. The van der Waals surface area contributed by atoms with E-state index in [1.165, 1.54) is 0 Å². The van der Waals surface area contributed by atoms with Crippen LogP contribution in [0, 0.1) is 40.0 Å². The average Bonchev–Trinajstić information content (AvgIpc) is 1.58. The molecule has 0 aromatic heterocycles. The molecule has 12 amide bonds. The van der Waals surface area contributed by atoms with Crippen molar-refractivity contribution in [1.29, 1.82) is 5.41 Å². The van der Waals surface area contributed by atoms with Gasteiger partial charge in [-0.3, -0.25) is 62.9 Å². The summed E-state index contributed by atoms with van der Waals surface area (Å²) in [6.45, 7) is 18.0. The molecule has 112 heavy (non-hydrogen) atoms. The van der Waals surface area contributed by atoms with E-state index in [1.54, 1.807) is 29.4 Å². The number of aromatic hydroxyl groups is 2. The van der Waals surface area contributed by atoms with Crippen LogP contribution in [0.5, 0.6) is 17.2 Å². The molecule has 0 spiro atoms. The first-order chi connectivity index (χ1) is 53.3. The van der Waals surface area contributed by atoms with Crippen LogP contribution in [0.15, 0.2) is 42.5 Å². The minimum atomic E-state index is -0.552. The van der Waals surface area contributed by atoms with Gasteiger partial charge in [0.25, 0.3) is 0 Å². The Hall–Kier alpha value is -9.44. The van der Waals surface area contributed by atoms with Crippen LogP contribution in [0.3, 0.4) is 0 Å². The van der Waals surface area contributed by atoms with Crippen molar-refractivity contribution in [3.05, 3.63) is 87.0 Å². The van der Waals surface area contributed by atoms with Gasteiger partial charge < -0.3 is 93.0 Å². The maximum Gasteiger partial charge on any atom is 0.247 e. The molecule has 12 saturated heterocycles. The lowest BCUT2D eigenvalue weighted by molar-refractivity contribution is -0.147. The van der Waals surface area contributed by atoms with Crippen molar-refractivity contribution in [2.75, 3.05) is 57.3 Å². The largest absolute Gasteiger partial charge is 0.507 e. The number of carbonyl (C=O) groups excluding carboxylic acids is 12. The summed E-state index contributed by atoms with van der Waals surface area (Å²) in [4.78, 5) is 154. The van der Waals surface area contributed by atoms with Gasteiger partial charge in [-0.05, 0) is 190 Å². The molecule has 13 heterocycles. The fourth-order valence-corrected chi connectivity index (χ4v) is 18.6. The van der Waals surface area contributed by atoms with Crippen LogP contribution < -0.4 is 53.4 Å². The number of amidine groups is 1. The predicted molar refractivity (Wildman–Crippen MR) is 423 cm³/mol. The molecule has 3 aromatic carbocycles. The van der Waals surface area contributed by atoms with Crippen molar-refractivity contribution >= 4 is 118 Å². The molecule has 31 nitrogen and oxygen atoms in total. The number of carbonyl (C=O) groups is 12. The molecule has 0 saturated carbocycles. The van der Waals surface area contributed by atoms with Crippen molar-refractivity contribution in [3.8, 4) is 17.2 Å². The molecular weight excluding hydrogens is 1500 g/mol. The zero-order chi connectivity index (χ0) is 80.9. The molecule has 16 rings (SSSR count). The number of piperazine rings is 6. The number of amides is 12. The molecule has 13 aliphatic heterocycles. The van der Waals surface area contributed by atoms with E-state index in [0.29, 0.717) is 69.1 Å². The highest BCUT2D eigenvalue weighted by atomic mass is 32.2. The lowest BCUT2D eigenvalue weighted by Gasteiger charge is -2.35. The monoisotopic (exact) mass is 1600 g/mol. The van der Waals surface area contributed by atoms with Crippen LogP contribution >= 0.6 is 36.6 Å². The van der Waals surface area contributed by atoms with Gasteiger partial charge in [0, 0.05) is 81.6 Å². The standard InChI is InChI=1S/C22H30N2O4.C16H20N2O3.C14H16N2O2.2C9H14N4O2S.C8H12N2O2S/c1-11-12(2)19-17(13(3)18(11)25)14(22(4,5)28-19)8-9-15-21(27)24-10-6-7-16(24)20(26)23-15;1-9-6-11(7-10(2)14(9)19)8-12-16(21)18-5-3-4-13(18)15(20)17-12;17-13-12-7-4-8-16(12)14(18)11(15-13)9-10-5-2-1-3-6-10;10-9(11)16-4-5-8(15)13-3-1-2-6(13)7(14)12-5;10-9(16)11-4-5-8(15)13-3-1-2-6(13)7(14)12-5;11-7-6-2-1-3-10(6)8(12)5(4-13)9-7/h14-16,25H,6-10H2,1-5H3,(H,23,26);6-7,12-13,19H,3-5,8H2,1-2H3,(H,17,20);1-3,5-6,11-12H,4,7-9H2,(H,15,17);5-6H,1-4H2,(H3,10,11)(H,12,14);5-6H,1-4H2,(H,12,14)(H3,10,11,16);5-6,13H,1-4H2,(H,9,11)/t14?,15-,16-;12-,13-;11-,12-;3*5-,6-/m000000/s1. The Morgan fingerprint density at radius 1 is 0.509 bits per heavy atom. The number of thiol groups is 1. The first-order valence-electron chi connectivity index (χ1n) is 38.9. The van der Waals surface area contributed by atoms with E-state index in [1.807, 2.05) is 77.1 Å². The van der Waals surface area contributed by atoms with Gasteiger partial charge in [0.2, 0.25) is 70.9 Å². The van der Waals surface area contributed by atoms with Crippen LogP contribution in [-0.4, -0.2) is 256 Å². The molecule has 0 aliphatic carbocycles. The molecule has 0 radical (unpaired) electrons. The first-order valence-corrected chi connectivity index (χ1v) is 40.9. The Labute approximate surface area is 666 Å². The van der Waals surface area contributed by atoms with Gasteiger partial charge in [0.15, 0.2) is 10.3 Å². The third-order valence-electron chi connectivity index (χ3n) is 23.6. The maximum absolute atomic E-state index is 12.8. The van der Waals surface area contributed by atoms with Crippen molar-refractivity contribution in [1.82, 2.24) is 66.6 Å². The van der Waals surface area contributed by atoms with Gasteiger partial charge in [-0.1, -0.05) is 54.2 Å². The normalized spacial score (nSPS) is 28.1. The fraction of sp³-hybridized carbons (Fsp3) is 0.590. The highest BCUT2D eigenvalue weighted by Gasteiger charge is 2.50. The number of nitrogens with one attached hydrogen (secondary N) is 8. The molecule has 1 unspecified atom stereocenters. The summed E-state index contributed by atoms with van der Waals surface area (Å²) >= 11 is 9.76. The number of nitrogens with zero attached hydrogens (tertiary/aromatic N) is 6. The fourth-order valence-electron chi connectivity index (χ4n) is 17.7. The molecule has 12 fully saturated rings. The number of aryl methyl sites for hydroxylation is 2. The SMILES string of the molecule is Cc1c(C)c2c(c(C)c1O)C(CC[C@@H]1NC(=O)[C@@H]3CCCN3C1=O)C(C)(C)O2.Cc1cc(C[C@@H]2NC(=O)[C@@H]3CCCN3C2=O)cc(C)c1O.N=C(N)SC[C@@H]1NC(=O)[C@@H]2CCCN2C1=O.NC(=S)NC[C@@H]1NC(=O)[C@@H]2CCCN2C1=O.O=C1N[C@@H](CS)C(=O)N2CCC[C@@H]12.O=C1N[C@@H](Cc2ccccc2)C(=O)N2CCC[C@@H]12. The number of ether oxygens (including phenoxy) is 1. The van der Waals surface area contributed by atoms with Crippen LogP contribution in [-0.2, 0) is 70.4 Å². The van der Waals surface area contributed by atoms with Crippen molar-refractivity contribution in [3.63, 3.8) is 0 Å². The Balaban J connectivity index is 0.000000135. The number of phenolic OH excluding ortho intramolecular Hbond substituents is 2. The van der Waals surface area contributed by atoms with E-state index < -0.39 is 41.9 Å². The van der Waals surface area contributed by atoms with Crippen LogP contribution in [0.4, 0.5) is 0 Å². The number of nitrogens with two attached hydrogens (primary N) is 2. The van der Waals surface area contributed by atoms with Gasteiger partial charge in [0.1, 0.15) is 95.4 Å². The van der Waals surface area contributed by atoms with E-state index in [2.05, 4.69) is 75.9 Å². The summed E-state index contributed by atoms with van der Waals surface area (Å²) in [5, 5.41) is 46.9. The minimum absolute atomic E-state index is 0.00744. The average molecular weight is 1600 g/mol. The summed E-state index contributed by atoms with van der Waals surface area (Å²) in [5.41, 5.74) is 17.4. The second-order valence-electron chi connectivity index (χ2n) is 31.4. The number of thioether (sulfide) groups is 1. The molecule has 3 aromatic rings. The third kappa shape index (κ3) is 18.1. The number of hydrogen-bond donors (Lipinski definition) is 13. The molecular formula is C78H106N16O15S3. The number of benzene rings is 3. The highest BCUT2D eigenvalue weighted by molar-refractivity contribution is 8.13. The van der Waals surface area contributed by atoms with E-state index in [4.69, 9.17) is 21.6 Å². The van der Waals surface area contributed by atoms with Crippen molar-refractivity contribution in [2.24, 2.45) is 11.5 Å².